The van der Waals surface area contributed by atoms with Crippen molar-refractivity contribution in [1.29, 1.82) is 0 Å². The zero-order valence-corrected chi connectivity index (χ0v) is 17.4. The van der Waals surface area contributed by atoms with Crippen molar-refractivity contribution in [2.45, 2.75) is 13.0 Å². The van der Waals surface area contributed by atoms with Gasteiger partial charge < -0.3 is 14.8 Å². The maximum Gasteiger partial charge on any atom is 0.252 e. The highest BCUT2D eigenvalue weighted by Crippen LogP contribution is 2.24. The second-order valence-corrected chi connectivity index (χ2v) is 7.48. The summed E-state index contributed by atoms with van der Waals surface area (Å²) in [6.07, 6.45) is 0. The lowest BCUT2D eigenvalue weighted by Crippen LogP contribution is -2.43. The summed E-state index contributed by atoms with van der Waals surface area (Å²) in [7, 11) is 1.66. The molecule has 0 aliphatic carbocycles. The number of aryl methyl sites for hydroxylation is 1. The predicted molar refractivity (Wildman–Crippen MR) is 117 cm³/mol. The quantitative estimate of drug-likeness (QED) is 0.681. The summed E-state index contributed by atoms with van der Waals surface area (Å²) >= 11 is 0. The fraction of sp³-hybridized carbons (Fsp3) is 0.333. The van der Waals surface area contributed by atoms with Crippen LogP contribution in [0.4, 0.5) is 0 Å². The lowest BCUT2D eigenvalue weighted by atomic mass is 10.0. The topological polar surface area (TPSA) is 63.7 Å². The molecule has 1 aliphatic rings. The number of rotatable bonds is 6. The van der Waals surface area contributed by atoms with Crippen LogP contribution in [0.2, 0.25) is 0 Å². The van der Waals surface area contributed by atoms with E-state index in [1.54, 1.807) is 7.11 Å². The number of para-hydroxylation sites is 1. The van der Waals surface area contributed by atoms with Crippen LogP contribution in [0.5, 0.6) is 5.75 Å². The first-order chi connectivity index (χ1) is 14.7. The Morgan fingerprint density at radius 2 is 1.90 bits per heavy atom. The Morgan fingerprint density at radius 3 is 2.63 bits per heavy atom. The Kier molecular flexibility index (Phi) is 6.26. The summed E-state index contributed by atoms with van der Waals surface area (Å²) in [5.74, 6) is 0.741. The molecule has 1 aliphatic heterocycles. The van der Waals surface area contributed by atoms with Gasteiger partial charge in [-0.1, -0.05) is 30.3 Å². The molecule has 156 valence electrons. The molecule has 2 heterocycles. The molecule has 1 unspecified atom stereocenters. The van der Waals surface area contributed by atoms with Crippen molar-refractivity contribution in [3.05, 3.63) is 71.4 Å². The number of ether oxygens (including phenoxy) is 2. The maximum absolute atomic E-state index is 13.1. The van der Waals surface area contributed by atoms with Crippen LogP contribution in [0.25, 0.3) is 10.9 Å². The number of nitrogens with one attached hydrogen (secondary N) is 1. The molecule has 1 amide bonds. The van der Waals surface area contributed by atoms with Crippen LogP contribution in [0.1, 0.15) is 27.7 Å². The van der Waals surface area contributed by atoms with E-state index in [0.29, 0.717) is 25.3 Å². The molecule has 30 heavy (non-hydrogen) atoms. The Balaban J connectivity index is 1.56. The SMILES string of the molecule is COc1ccc(C(CNC(=O)c2cc(C)nc3ccccc23)N2CCOCC2)cc1. The zero-order valence-electron chi connectivity index (χ0n) is 17.4. The van der Waals surface area contributed by atoms with Gasteiger partial charge >= 0.3 is 0 Å². The van der Waals surface area contributed by atoms with Crippen molar-refractivity contribution in [3.8, 4) is 5.75 Å². The molecule has 1 atom stereocenters. The van der Waals surface area contributed by atoms with Crippen molar-refractivity contribution in [1.82, 2.24) is 15.2 Å². The average molecular weight is 405 g/mol. The minimum atomic E-state index is -0.0801. The molecular weight excluding hydrogens is 378 g/mol. The van der Waals surface area contributed by atoms with E-state index in [2.05, 4.69) is 27.3 Å². The molecule has 1 saturated heterocycles. The van der Waals surface area contributed by atoms with Gasteiger partial charge in [-0.2, -0.15) is 0 Å². The van der Waals surface area contributed by atoms with E-state index < -0.39 is 0 Å². The lowest BCUT2D eigenvalue weighted by molar-refractivity contribution is 0.0162. The number of pyridine rings is 1. The second-order valence-electron chi connectivity index (χ2n) is 7.48. The number of hydrogen-bond donors (Lipinski definition) is 1. The largest absolute Gasteiger partial charge is 0.497 e. The van der Waals surface area contributed by atoms with Crippen molar-refractivity contribution >= 4 is 16.8 Å². The minimum absolute atomic E-state index is 0.0676. The van der Waals surface area contributed by atoms with Crippen LogP contribution in [0.15, 0.2) is 54.6 Å². The van der Waals surface area contributed by atoms with Gasteiger partial charge in [0.15, 0.2) is 0 Å². The molecule has 1 aromatic heterocycles. The maximum atomic E-state index is 13.1. The Labute approximate surface area is 176 Å². The highest BCUT2D eigenvalue weighted by Gasteiger charge is 2.24. The van der Waals surface area contributed by atoms with E-state index in [9.17, 15) is 4.79 Å². The summed E-state index contributed by atoms with van der Waals surface area (Å²) in [4.78, 5) is 20.0. The van der Waals surface area contributed by atoms with Gasteiger partial charge in [0.1, 0.15) is 5.75 Å². The molecule has 0 spiro atoms. The number of hydrogen-bond acceptors (Lipinski definition) is 5. The highest BCUT2D eigenvalue weighted by atomic mass is 16.5. The summed E-state index contributed by atoms with van der Waals surface area (Å²) in [5.41, 5.74) is 3.48. The second kappa shape index (κ2) is 9.24. The normalized spacial score (nSPS) is 15.7. The smallest absolute Gasteiger partial charge is 0.252 e. The van der Waals surface area contributed by atoms with Gasteiger partial charge in [0.25, 0.3) is 5.91 Å². The third-order valence-electron chi connectivity index (χ3n) is 5.53. The monoisotopic (exact) mass is 405 g/mol. The highest BCUT2D eigenvalue weighted by molar-refractivity contribution is 6.06. The first-order valence-electron chi connectivity index (χ1n) is 10.3. The summed E-state index contributed by atoms with van der Waals surface area (Å²) in [6, 6.07) is 17.7. The Bertz CT molecular complexity index is 1010. The summed E-state index contributed by atoms with van der Waals surface area (Å²) in [6.45, 7) is 5.51. The number of methoxy groups -OCH3 is 1. The Morgan fingerprint density at radius 1 is 1.17 bits per heavy atom. The molecule has 6 heteroatoms. The fourth-order valence-electron chi connectivity index (χ4n) is 3.95. The van der Waals surface area contributed by atoms with Gasteiger partial charge in [-0.05, 0) is 36.8 Å². The van der Waals surface area contributed by atoms with E-state index in [1.807, 2.05) is 49.4 Å². The van der Waals surface area contributed by atoms with Crippen LogP contribution < -0.4 is 10.1 Å². The van der Waals surface area contributed by atoms with Crippen molar-refractivity contribution < 1.29 is 14.3 Å². The van der Waals surface area contributed by atoms with Gasteiger partial charge in [0, 0.05) is 30.7 Å². The summed E-state index contributed by atoms with van der Waals surface area (Å²) in [5, 5.41) is 4.03. The van der Waals surface area contributed by atoms with Gasteiger partial charge in [-0.15, -0.1) is 0 Å². The third-order valence-corrected chi connectivity index (χ3v) is 5.53. The number of aromatic nitrogens is 1. The number of carbonyl (C=O) groups excluding carboxylic acids is 1. The van der Waals surface area contributed by atoms with Gasteiger partial charge in [-0.25, -0.2) is 0 Å². The van der Waals surface area contributed by atoms with Gasteiger partial charge in [0.2, 0.25) is 0 Å². The van der Waals surface area contributed by atoms with Crippen LogP contribution in [-0.4, -0.2) is 55.7 Å². The standard InChI is InChI=1S/C24H27N3O3/c1-17-15-21(20-5-3-4-6-22(20)26-17)24(28)25-16-23(27-11-13-30-14-12-27)18-7-9-19(29-2)10-8-18/h3-10,15,23H,11-14,16H2,1-2H3,(H,25,28). The van der Waals surface area contributed by atoms with Gasteiger partial charge in [-0.3, -0.25) is 14.7 Å². The van der Waals surface area contributed by atoms with Crippen molar-refractivity contribution in [2.24, 2.45) is 0 Å². The summed E-state index contributed by atoms with van der Waals surface area (Å²) < 4.78 is 10.8. The number of fused-ring (bicyclic) bond motifs is 1. The molecule has 1 fully saturated rings. The number of morpholine rings is 1. The lowest BCUT2D eigenvalue weighted by Gasteiger charge is -2.35. The first kappa shape index (κ1) is 20.3. The number of amides is 1. The minimum Gasteiger partial charge on any atom is -0.497 e. The molecule has 1 N–H and O–H groups in total. The van der Waals surface area contributed by atoms with Crippen LogP contribution in [-0.2, 0) is 4.74 Å². The Hall–Kier alpha value is -2.96. The molecule has 2 aromatic carbocycles. The molecule has 4 rings (SSSR count). The molecule has 3 aromatic rings. The average Bonchev–Trinajstić information content (AvgIpc) is 2.79. The number of benzene rings is 2. The molecular formula is C24H27N3O3. The van der Waals surface area contributed by atoms with Crippen LogP contribution in [0, 0.1) is 6.92 Å². The zero-order chi connectivity index (χ0) is 20.9. The first-order valence-corrected chi connectivity index (χ1v) is 10.3. The van der Waals surface area contributed by atoms with Crippen molar-refractivity contribution in [3.63, 3.8) is 0 Å². The molecule has 0 bridgehead atoms. The van der Waals surface area contributed by atoms with E-state index >= 15 is 0 Å². The van der Waals surface area contributed by atoms with E-state index in [-0.39, 0.29) is 11.9 Å². The third kappa shape index (κ3) is 4.45. The number of nitrogens with zero attached hydrogens (tertiary/aromatic N) is 2. The van der Waals surface area contributed by atoms with E-state index in [1.165, 1.54) is 0 Å². The predicted octanol–water partition coefficient (Wildman–Crippen LogP) is 3.36. The van der Waals surface area contributed by atoms with E-state index in [0.717, 1.165) is 41.0 Å². The fourth-order valence-corrected chi connectivity index (χ4v) is 3.95. The molecule has 0 saturated carbocycles. The van der Waals surface area contributed by atoms with Gasteiger partial charge in [0.05, 0.1) is 37.4 Å². The molecule has 0 radical (unpaired) electrons. The van der Waals surface area contributed by atoms with Crippen molar-refractivity contribution in [2.75, 3.05) is 40.0 Å². The number of carbonyl (C=O) groups is 1. The van der Waals surface area contributed by atoms with Crippen LogP contribution in [0.3, 0.4) is 0 Å². The molecule has 6 nitrogen and oxygen atoms in total. The van der Waals surface area contributed by atoms with Crippen LogP contribution >= 0.6 is 0 Å². The van der Waals surface area contributed by atoms with E-state index in [4.69, 9.17) is 9.47 Å².